The summed E-state index contributed by atoms with van der Waals surface area (Å²) in [5.41, 5.74) is 1.96. The molecule has 1 unspecified atom stereocenters. The average Bonchev–Trinajstić information content (AvgIpc) is 3.44. The minimum atomic E-state index is -0.750. The number of carbonyl (C=O) groups excluding carboxylic acids is 2. The van der Waals surface area contributed by atoms with E-state index in [9.17, 15) is 14.7 Å². The lowest BCUT2D eigenvalue weighted by molar-refractivity contribution is -0.132. The molecule has 0 spiro atoms. The lowest BCUT2D eigenvalue weighted by Gasteiger charge is -2.20. The Bertz CT molecular complexity index is 1030. The Labute approximate surface area is 168 Å². The minimum Gasteiger partial charge on any atom is -0.507 e. The lowest BCUT2D eigenvalue weighted by atomic mass is 10.00. The highest BCUT2D eigenvalue weighted by molar-refractivity contribution is 7.13. The van der Waals surface area contributed by atoms with Gasteiger partial charge in [0.05, 0.1) is 12.2 Å². The molecule has 142 valence electrons. The summed E-state index contributed by atoms with van der Waals surface area (Å²) in [4.78, 5) is 27.6. The van der Waals surface area contributed by atoms with Crippen LogP contribution in [0, 0.1) is 0 Å². The molecule has 1 N–H and O–H groups in total. The summed E-state index contributed by atoms with van der Waals surface area (Å²) in [7, 11) is 0. The lowest BCUT2D eigenvalue weighted by Crippen LogP contribution is -2.29. The predicted molar refractivity (Wildman–Crippen MR) is 107 cm³/mol. The zero-order valence-electron chi connectivity index (χ0n) is 14.7. The molecule has 4 rings (SSSR count). The van der Waals surface area contributed by atoms with Crippen LogP contribution in [-0.2, 0) is 9.59 Å². The van der Waals surface area contributed by atoms with Crippen LogP contribution in [-0.4, -0.2) is 33.6 Å². The number of aliphatic hydroxyl groups is 1. The molecule has 1 aliphatic rings. The molecule has 0 radical (unpaired) electrons. The monoisotopic (exact) mass is 413 g/mol. The summed E-state index contributed by atoms with van der Waals surface area (Å²) in [5.74, 6) is -1.06. The van der Waals surface area contributed by atoms with E-state index in [1.54, 1.807) is 24.3 Å². The van der Waals surface area contributed by atoms with Crippen LogP contribution in [0.4, 0.5) is 5.13 Å². The molecule has 3 aromatic rings. The molecule has 2 aromatic heterocycles. The number of benzene rings is 1. The number of ether oxygens (including phenoxy) is 1. The van der Waals surface area contributed by atoms with Crippen LogP contribution in [0.2, 0.25) is 0 Å². The number of hydrogen-bond donors (Lipinski definition) is 1. The Balaban J connectivity index is 1.84. The molecule has 9 heteroatoms. The molecule has 7 nitrogen and oxygen atoms in total. The van der Waals surface area contributed by atoms with Crippen molar-refractivity contribution in [2.75, 3.05) is 11.5 Å². The Kier molecular flexibility index (Phi) is 4.93. The van der Waals surface area contributed by atoms with Gasteiger partial charge in [0, 0.05) is 10.4 Å². The number of amides is 1. The first-order chi connectivity index (χ1) is 13.6. The van der Waals surface area contributed by atoms with Crippen LogP contribution in [0.3, 0.4) is 0 Å². The second-order valence-electron chi connectivity index (χ2n) is 5.86. The number of ketones is 1. The van der Waals surface area contributed by atoms with E-state index in [4.69, 9.17) is 4.74 Å². The van der Waals surface area contributed by atoms with Gasteiger partial charge in [-0.1, -0.05) is 17.4 Å². The maximum Gasteiger partial charge on any atom is 0.301 e. The van der Waals surface area contributed by atoms with Gasteiger partial charge in [0.15, 0.2) is 0 Å². The molecule has 3 heterocycles. The van der Waals surface area contributed by atoms with Crippen LogP contribution in [0.15, 0.2) is 52.9 Å². The molecular weight excluding hydrogens is 398 g/mol. The highest BCUT2D eigenvalue weighted by atomic mass is 32.1. The van der Waals surface area contributed by atoms with Gasteiger partial charge in [0.2, 0.25) is 5.13 Å². The third-order valence-electron chi connectivity index (χ3n) is 4.25. The van der Waals surface area contributed by atoms with Crippen LogP contribution in [0.25, 0.3) is 5.76 Å². The molecule has 1 aliphatic heterocycles. The number of thiophene rings is 1. The van der Waals surface area contributed by atoms with Gasteiger partial charge < -0.3 is 9.84 Å². The average molecular weight is 413 g/mol. The Hall–Kier alpha value is -3.04. The normalized spacial score (nSPS) is 18.6. The predicted octanol–water partition coefficient (Wildman–Crippen LogP) is 3.62. The van der Waals surface area contributed by atoms with E-state index in [1.807, 2.05) is 24.4 Å². The first-order valence-electron chi connectivity index (χ1n) is 8.45. The van der Waals surface area contributed by atoms with Gasteiger partial charge in [0.25, 0.3) is 5.78 Å². The van der Waals surface area contributed by atoms with Crippen LogP contribution >= 0.6 is 22.7 Å². The molecule has 1 saturated heterocycles. The van der Waals surface area contributed by atoms with E-state index >= 15 is 0 Å². The van der Waals surface area contributed by atoms with E-state index < -0.39 is 17.7 Å². The van der Waals surface area contributed by atoms with Crippen molar-refractivity contribution in [3.63, 3.8) is 0 Å². The SMILES string of the molecule is CCOc1ccc(/C(O)=C2\C(=O)C(=O)N(c3nncs3)C2c2cccs2)cc1. The summed E-state index contributed by atoms with van der Waals surface area (Å²) < 4.78 is 5.41. The van der Waals surface area contributed by atoms with E-state index in [0.29, 0.717) is 23.1 Å². The fraction of sp³-hybridized carbons (Fsp3) is 0.158. The molecule has 0 saturated carbocycles. The van der Waals surface area contributed by atoms with Gasteiger partial charge in [0.1, 0.15) is 23.1 Å². The molecule has 1 atom stereocenters. The van der Waals surface area contributed by atoms with Crippen LogP contribution in [0.5, 0.6) is 5.75 Å². The van der Waals surface area contributed by atoms with E-state index in [1.165, 1.54) is 21.7 Å². The standard InChI is InChI=1S/C19H15N3O4S2/c1-2-26-12-7-5-11(6-8-12)16(23)14-15(13-4-3-9-27-13)22(18(25)17(14)24)19-21-20-10-28-19/h3-10,15,23H,2H2,1H3/b16-14+. The molecule has 28 heavy (non-hydrogen) atoms. The minimum absolute atomic E-state index is 0.0341. The number of anilines is 1. The first kappa shape index (κ1) is 18.3. The second kappa shape index (κ2) is 7.53. The highest BCUT2D eigenvalue weighted by Crippen LogP contribution is 2.43. The number of carbonyl (C=O) groups is 2. The fourth-order valence-electron chi connectivity index (χ4n) is 3.05. The molecule has 1 amide bonds. The number of hydrogen-bond acceptors (Lipinski definition) is 8. The fourth-order valence-corrected chi connectivity index (χ4v) is 4.46. The maximum absolute atomic E-state index is 12.8. The first-order valence-corrected chi connectivity index (χ1v) is 10.2. The van der Waals surface area contributed by atoms with Crippen molar-refractivity contribution in [1.29, 1.82) is 0 Å². The Morgan fingerprint density at radius 1 is 1.21 bits per heavy atom. The van der Waals surface area contributed by atoms with Crippen LogP contribution < -0.4 is 9.64 Å². The summed E-state index contributed by atoms with van der Waals surface area (Å²) in [6, 6.07) is 9.63. The van der Waals surface area contributed by atoms with Gasteiger partial charge in [-0.3, -0.25) is 14.5 Å². The summed E-state index contributed by atoms with van der Waals surface area (Å²) >= 11 is 2.55. The number of aromatic nitrogens is 2. The number of aliphatic hydroxyl groups excluding tert-OH is 1. The topological polar surface area (TPSA) is 92.6 Å². The van der Waals surface area contributed by atoms with Gasteiger partial charge >= 0.3 is 5.91 Å². The van der Waals surface area contributed by atoms with Crippen molar-refractivity contribution in [2.45, 2.75) is 13.0 Å². The Morgan fingerprint density at radius 2 is 2.00 bits per heavy atom. The van der Waals surface area contributed by atoms with Gasteiger partial charge in [-0.05, 0) is 42.6 Å². The molecule has 0 aliphatic carbocycles. The smallest absolute Gasteiger partial charge is 0.301 e. The van der Waals surface area contributed by atoms with Crippen molar-refractivity contribution in [1.82, 2.24) is 10.2 Å². The van der Waals surface area contributed by atoms with E-state index in [2.05, 4.69) is 10.2 Å². The molecular formula is C19H15N3O4S2. The summed E-state index contributed by atoms with van der Waals surface area (Å²) in [6.45, 7) is 2.40. The van der Waals surface area contributed by atoms with Crippen molar-refractivity contribution >= 4 is 45.3 Å². The van der Waals surface area contributed by atoms with Gasteiger partial charge in [-0.2, -0.15) is 0 Å². The third-order valence-corrected chi connectivity index (χ3v) is 5.86. The quantitative estimate of drug-likeness (QED) is 0.390. The van der Waals surface area contributed by atoms with Crippen LogP contribution in [0.1, 0.15) is 23.4 Å². The highest BCUT2D eigenvalue weighted by Gasteiger charge is 2.48. The zero-order valence-corrected chi connectivity index (χ0v) is 16.4. The second-order valence-corrected chi connectivity index (χ2v) is 7.65. The van der Waals surface area contributed by atoms with Crippen molar-refractivity contribution < 1.29 is 19.4 Å². The number of nitrogens with zero attached hydrogens (tertiary/aromatic N) is 3. The van der Waals surface area contributed by atoms with Gasteiger partial charge in [-0.25, -0.2) is 0 Å². The van der Waals surface area contributed by atoms with Crippen molar-refractivity contribution in [3.8, 4) is 5.75 Å². The number of Topliss-reactive ketones (excluding diaryl/α,β-unsaturated/α-hetero) is 1. The largest absolute Gasteiger partial charge is 0.507 e. The Morgan fingerprint density at radius 3 is 2.61 bits per heavy atom. The molecule has 1 fully saturated rings. The maximum atomic E-state index is 12.8. The summed E-state index contributed by atoms with van der Waals surface area (Å²) in [5, 5.41) is 20.8. The third kappa shape index (κ3) is 3.08. The van der Waals surface area contributed by atoms with Crippen molar-refractivity contribution in [3.05, 3.63) is 63.3 Å². The molecule has 1 aromatic carbocycles. The van der Waals surface area contributed by atoms with E-state index in [-0.39, 0.29) is 11.3 Å². The molecule has 0 bridgehead atoms. The van der Waals surface area contributed by atoms with E-state index in [0.717, 1.165) is 16.2 Å². The summed E-state index contributed by atoms with van der Waals surface area (Å²) in [6.07, 6.45) is 0. The van der Waals surface area contributed by atoms with Crippen molar-refractivity contribution in [2.24, 2.45) is 0 Å². The zero-order chi connectivity index (χ0) is 19.7. The van der Waals surface area contributed by atoms with Gasteiger partial charge in [-0.15, -0.1) is 21.5 Å². The number of rotatable bonds is 5.